The maximum atomic E-state index is 12.2. The minimum Gasteiger partial charge on any atom is -0.374 e. The molecule has 1 unspecified atom stereocenters. The van der Waals surface area contributed by atoms with Crippen molar-refractivity contribution in [3.63, 3.8) is 0 Å². The zero-order valence-electron chi connectivity index (χ0n) is 17.5. The number of hydrogen-bond acceptors (Lipinski definition) is 4. The van der Waals surface area contributed by atoms with E-state index < -0.39 is 0 Å². The maximum absolute atomic E-state index is 12.2. The van der Waals surface area contributed by atoms with Gasteiger partial charge in [0.15, 0.2) is 0 Å². The van der Waals surface area contributed by atoms with Gasteiger partial charge in [-0.25, -0.2) is 0 Å². The lowest BCUT2D eigenvalue weighted by Gasteiger charge is -2.14. The largest absolute Gasteiger partial charge is 0.374 e. The third kappa shape index (κ3) is 7.81. The van der Waals surface area contributed by atoms with Gasteiger partial charge in [0.2, 0.25) is 0 Å². The number of carbonyl (C=O) groups excluding carboxylic acids is 3. The minimum absolute atomic E-state index is 0.168. The van der Waals surface area contributed by atoms with Gasteiger partial charge in [-0.1, -0.05) is 44.7 Å². The Balaban J connectivity index is 1.65. The second kappa shape index (κ2) is 12.2. The van der Waals surface area contributed by atoms with Gasteiger partial charge in [-0.05, 0) is 37.5 Å². The van der Waals surface area contributed by atoms with Crippen molar-refractivity contribution in [1.82, 2.24) is 10.2 Å². The third-order valence-electron chi connectivity index (χ3n) is 4.96. The van der Waals surface area contributed by atoms with Crippen LogP contribution in [-0.2, 0) is 20.9 Å². The molecule has 0 saturated carbocycles. The first-order valence-electron chi connectivity index (χ1n) is 10.5. The minimum atomic E-state index is -0.297. The van der Waals surface area contributed by atoms with E-state index in [2.05, 4.69) is 19.2 Å². The quantitative estimate of drug-likeness (QED) is 0.405. The number of unbranched alkanes of at least 4 members (excludes halogenated alkanes) is 3. The van der Waals surface area contributed by atoms with Crippen LogP contribution in [0.25, 0.3) is 0 Å². The Morgan fingerprint density at radius 1 is 1.03 bits per heavy atom. The summed E-state index contributed by atoms with van der Waals surface area (Å²) >= 11 is 0. The van der Waals surface area contributed by atoms with Crippen molar-refractivity contribution in [2.45, 2.75) is 65.1 Å². The van der Waals surface area contributed by atoms with E-state index >= 15 is 0 Å². The Hall–Kier alpha value is -2.47. The smallest absolute Gasteiger partial charge is 0.253 e. The molecule has 2 rings (SSSR count). The lowest BCUT2D eigenvalue weighted by Crippen LogP contribution is -2.33. The highest BCUT2D eigenvalue weighted by Crippen LogP contribution is 2.12. The zero-order valence-corrected chi connectivity index (χ0v) is 17.5. The van der Waals surface area contributed by atoms with Crippen LogP contribution >= 0.6 is 0 Å². The standard InChI is InChI=1S/C23H32N2O4/c1-3-4-5-6-8-18(2)29-17-19-9-11-20(12-10-19)23(28)24-15-7-16-25-21(26)13-14-22(25)27/h9-14,18H,3-8,15-17H2,1-2H3,(H,24,28). The van der Waals surface area contributed by atoms with E-state index in [4.69, 9.17) is 4.74 Å². The summed E-state index contributed by atoms with van der Waals surface area (Å²) in [4.78, 5) is 36.3. The molecule has 1 aliphatic rings. The maximum Gasteiger partial charge on any atom is 0.253 e. The SMILES string of the molecule is CCCCCCC(C)OCc1ccc(C(=O)NCCCN2C(=O)C=CC2=O)cc1. The van der Waals surface area contributed by atoms with Crippen molar-refractivity contribution in [3.05, 3.63) is 47.5 Å². The number of rotatable bonds is 13. The number of imide groups is 1. The van der Waals surface area contributed by atoms with Crippen LogP contribution in [0.2, 0.25) is 0 Å². The molecule has 1 heterocycles. The fourth-order valence-corrected chi connectivity index (χ4v) is 3.13. The predicted molar refractivity (Wildman–Crippen MR) is 112 cm³/mol. The average Bonchev–Trinajstić information content (AvgIpc) is 3.05. The van der Waals surface area contributed by atoms with Gasteiger partial charge in [0, 0.05) is 30.8 Å². The number of nitrogens with one attached hydrogen (secondary N) is 1. The van der Waals surface area contributed by atoms with Gasteiger partial charge in [-0.3, -0.25) is 19.3 Å². The Morgan fingerprint density at radius 3 is 2.38 bits per heavy atom. The van der Waals surface area contributed by atoms with Crippen LogP contribution in [-0.4, -0.2) is 41.8 Å². The third-order valence-corrected chi connectivity index (χ3v) is 4.96. The van der Waals surface area contributed by atoms with Crippen molar-refractivity contribution in [2.75, 3.05) is 13.1 Å². The van der Waals surface area contributed by atoms with Crippen LogP contribution in [0.5, 0.6) is 0 Å². The summed E-state index contributed by atoms with van der Waals surface area (Å²) in [5.74, 6) is -0.761. The summed E-state index contributed by atoms with van der Waals surface area (Å²) in [5.41, 5.74) is 1.62. The zero-order chi connectivity index (χ0) is 21.1. The molecule has 1 aromatic carbocycles. The van der Waals surface area contributed by atoms with Crippen LogP contribution in [0.3, 0.4) is 0 Å². The van der Waals surface area contributed by atoms with Gasteiger partial charge in [0.25, 0.3) is 17.7 Å². The molecule has 0 spiro atoms. The van der Waals surface area contributed by atoms with Crippen molar-refractivity contribution in [3.8, 4) is 0 Å². The van der Waals surface area contributed by atoms with Crippen LogP contribution in [0.1, 0.15) is 68.3 Å². The monoisotopic (exact) mass is 400 g/mol. The highest BCUT2D eigenvalue weighted by atomic mass is 16.5. The highest BCUT2D eigenvalue weighted by molar-refractivity contribution is 6.12. The van der Waals surface area contributed by atoms with Crippen LogP contribution in [0.15, 0.2) is 36.4 Å². The number of hydrogen-bond donors (Lipinski definition) is 1. The normalized spacial score (nSPS) is 14.5. The first-order chi connectivity index (χ1) is 14.0. The molecule has 0 radical (unpaired) electrons. The Kier molecular flexibility index (Phi) is 9.57. The number of ether oxygens (including phenoxy) is 1. The van der Waals surface area contributed by atoms with E-state index in [-0.39, 0.29) is 23.8 Å². The van der Waals surface area contributed by atoms with Crippen molar-refractivity contribution in [1.29, 1.82) is 0 Å². The van der Waals surface area contributed by atoms with E-state index in [9.17, 15) is 14.4 Å². The van der Waals surface area contributed by atoms with Gasteiger partial charge in [0.1, 0.15) is 0 Å². The lowest BCUT2D eigenvalue weighted by atomic mass is 10.1. The topological polar surface area (TPSA) is 75.7 Å². The van der Waals surface area contributed by atoms with Gasteiger partial charge in [-0.15, -0.1) is 0 Å². The fraction of sp³-hybridized carbons (Fsp3) is 0.522. The number of amides is 3. The number of benzene rings is 1. The van der Waals surface area contributed by atoms with Crippen LogP contribution in [0.4, 0.5) is 0 Å². The summed E-state index contributed by atoms with van der Waals surface area (Å²) in [6, 6.07) is 7.40. The van der Waals surface area contributed by atoms with E-state index in [0.717, 1.165) is 12.0 Å². The molecule has 0 fully saturated rings. The molecule has 0 bridgehead atoms. The van der Waals surface area contributed by atoms with Gasteiger partial charge < -0.3 is 10.1 Å². The molecule has 0 saturated heterocycles. The van der Waals surface area contributed by atoms with Crippen molar-refractivity contribution < 1.29 is 19.1 Å². The van der Waals surface area contributed by atoms with Crippen molar-refractivity contribution in [2.24, 2.45) is 0 Å². The lowest BCUT2D eigenvalue weighted by molar-refractivity contribution is -0.136. The fourth-order valence-electron chi connectivity index (χ4n) is 3.13. The Morgan fingerprint density at radius 2 is 1.72 bits per heavy atom. The molecule has 1 N–H and O–H groups in total. The van der Waals surface area contributed by atoms with Crippen LogP contribution < -0.4 is 5.32 Å². The molecule has 29 heavy (non-hydrogen) atoms. The molecule has 6 nitrogen and oxygen atoms in total. The van der Waals surface area contributed by atoms with Crippen LogP contribution in [0, 0.1) is 0 Å². The average molecular weight is 401 g/mol. The van der Waals surface area contributed by atoms with Gasteiger partial charge in [-0.2, -0.15) is 0 Å². The summed E-state index contributed by atoms with van der Waals surface area (Å²) < 4.78 is 5.89. The summed E-state index contributed by atoms with van der Waals surface area (Å²) in [6.07, 6.45) is 9.34. The highest BCUT2D eigenvalue weighted by Gasteiger charge is 2.22. The molecule has 158 valence electrons. The first-order valence-corrected chi connectivity index (χ1v) is 10.5. The molecule has 1 aliphatic heterocycles. The molecule has 3 amide bonds. The molecule has 1 atom stereocenters. The number of nitrogens with zero attached hydrogens (tertiary/aromatic N) is 1. The Bertz CT molecular complexity index is 694. The second-order valence-electron chi connectivity index (χ2n) is 7.44. The summed E-state index contributed by atoms with van der Waals surface area (Å²) in [7, 11) is 0. The van der Waals surface area contributed by atoms with Gasteiger partial charge in [0.05, 0.1) is 12.7 Å². The van der Waals surface area contributed by atoms with Gasteiger partial charge >= 0.3 is 0 Å². The van der Waals surface area contributed by atoms with E-state index in [0.29, 0.717) is 31.7 Å². The molecule has 0 aromatic heterocycles. The second-order valence-corrected chi connectivity index (χ2v) is 7.44. The molecular formula is C23H32N2O4. The molecule has 0 aliphatic carbocycles. The molecular weight excluding hydrogens is 368 g/mol. The van der Waals surface area contributed by atoms with E-state index in [1.807, 2.05) is 12.1 Å². The summed E-state index contributed by atoms with van der Waals surface area (Å²) in [6.45, 7) is 5.56. The first kappa shape index (κ1) is 22.8. The van der Waals surface area contributed by atoms with E-state index in [1.165, 1.54) is 42.7 Å². The molecule has 1 aromatic rings. The molecule has 6 heteroatoms. The van der Waals surface area contributed by atoms with E-state index in [1.54, 1.807) is 12.1 Å². The predicted octanol–water partition coefficient (Wildman–Crippen LogP) is 3.61. The number of carbonyl (C=O) groups is 3. The van der Waals surface area contributed by atoms with Crippen molar-refractivity contribution >= 4 is 17.7 Å². The summed E-state index contributed by atoms with van der Waals surface area (Å²) in [5, 5.41) is 2.82. The Labute approximate surface area is 173 Å².